The first-order chi connectivity index (χ1) is 15.2. The summed E-state index contributed by atoms with van der Waals surface area (Å²) in [6.07, 6.45) is 4.15. The molecule has 1 aromatic heterocycles. The van der Waals surface area contributed by atoms with Crippen molar-refractivity contribution in [2.75, 3.05) is 13.7 Å². The van der Waals surface area contributed by atoms with Gasteiger partial charge < -0.3 is 14.7 Å². The number of hydrogen-bond acceptors (Lipinski definition) is 5. The molecule has 0 saturated heterocycles. The van der Waals surface area contributed by atoms with E-state index in [0.717, 1.165) is 40.7 Å². The number of ether oxygens (including phenoxy) is 1. The van der Waals surface area contributed by atoms with Crippen LogP contribution in [0.5, 0.6) is 0 Å². The summed E-state index contributed by atoms with van der Waals surface area (Å²) < 4.78 is 20.1. The van der Waals surface area contributed by atoms with Crippen LogP contribution in [0.4, 0.5) is 4.39 Å². The molecule has 1 N–H and O–H groups in total. The van der Waals surface area contributed by atoms with Crippen LogP contribution in [-0.2, 0) is 22.5 Å². The van der Waals surface area contributed by atoms with Gasteiger partial charge in [-0.1, -0.05) is 13.5 Å². The highest BCUT2D eigenvalue weighted by atomic mass is 19.1. The second kappa shape index (κ2) is 7.09. The Bertz CT molecular complexity index is 1270. The van der Waals surface area contributed by atoms with Crippen LogP contribution in [0.25, 0.3) is 16.6 Å². The second-order valence-electron chi connectivity index (χ2n) is 9.30. The molecule has 5 nitrogen and oxygen atoms in total. The van der Waals surface area contributed by atoms with E-state index in [4.69, 9.17) is 9.72 Å². The van der Waals surface area contributed by atoms with Gasteiger partial charge in [0.15, 0.2) is 6.29 Å². The maximum Gasteiger partial charge on any atom is 0.155 e. The van der Waals surface area contributed by atoms with E-state index in [0.29, 0.717) is 46.7 Å². The zero-order chi connectivity index (χ0) is 22.9. The highest BCUT2D eigenvalue weighted by Crippen LogP contribution is 2.49. The molecule has 1 aliphatic carbocycles. The number of benzene rings is 1. The Labute approximate surface area is 186 Å². The van der Waals surface area contributed by atoms with Crippen molar-refractivity contribution in [1.82, 2.24) is 9.88 Å². The second-order valence-corrected chi connectivity index (χ2v) is 9.30. The van der Waals surface area contributed by atoms with Gasteiger partial charge in [0.1, 0.15) is 11.4 Å². The maximum atomic E-state index is 14.7. The third-order valence-electron chi connectivity index (χ3n) is 7.26. The van der Waals surface area contributed by atoms with E-state index in [1.165, 1.54) is 18.6 Å². The topological polar surface area (TPSA) is 62.7 Å². The number of aliphatic hydroxyl groups is 1. The number of aryl methyl sites for hydroxylation is 1. The number of pyridine rings is 1. The Hall–Kier alpha value is -2.83. The van der Waals surface area contributed by atoms with E-state index in [1.807, 2.05) is 13.0 Å². The Morgan fingerprint density at radius 3 is 2.88 bits per heavy atom. The van der Waals surface area contributed by atoms with Crippen molar-refractivity contribution in [3.8, 4) is 0 Å². The molecule has 1 unspecified atom stereocenters. The van der Waals surface area contributed by atoms with Gasteiger partial charge in [0, 0.05) is 41.0 Å². The first-order valence-electron chi connectivity index (χ1n) is 10.9. The smallest absolute Gasteiger partial charge is 0.155 e. The Morgan fingerprint density at radius 1 is 1.44 bits per heavy atom. The van der Waals surface area contributed by atoms with Crippen LogP contribution in [0, 0.1) is 12.7 Å². The van der Waals surface area contributed by atoms with Crippen molar-refractivity contribution in [3.05, 3.63) is 69.3 Å². The van der Waals surface area contributed by atoms with Gasteiger partial charge in [-0.25, -0.2) is 9.37 Å². The van der Waals surface area contributed by atoms with Gasteiger partial charge in [0.25, 0.3) is 0 Å². The molecule has 166 valence electrons. The van der Waals surface area contributed by atoms with Gasteiger partial charge in [-0.05, 0) is 55.4 Å². The molecule has 1 aromatic carbocycles. The van der Waals surface area contributed by atoms with Crippen LogP contribution in [0.2, 0.25) is 0 Å². The number of aldehydes is 1. The summed E-state index contributed by atoms with van der Waals surface area (Å²) in [6, 6.07) is 1.53. The number of nitrogens with zero attached hydrogens (tertiary/aromatic N) is 2. The predicted octanol–water partition coefficient (Wildman–Crippen LogP) is 4.31. The number of hydrogen-bond donors (Lipinski definition) is 1. The Morgan fingerprint density at radius 2 is 2.19 bits per heavy atom. The number of carbonyl (C=O) groups excluding carboxylic acids is 1. The fraction of sp³-hybridized carbons (Fsp3) is 0.385. The maximum absolute atomic E-state index is 14.7. The van der Waals surface area contributed by atoms with Crippen molar-refractivity contribution >= 4 is 22.9 Å². The Balaban J connectivity index is 1.81. The van der Waals surface area contributed by atoms with Crippen LogP contribution >= 0.6 is 0 Å². The van der Waals surface area contributed by atoms with Crippen LogP contribution in [0.3, 0.4) is 0 Å². The normalized spacial score (nSPS) is 21.4. The first kappa shape index (κ1) is 21.0. The summed E-state index contributed by atoms with van der Waals surface area (Å²) in [7, 11) is 1.57. The van der Waals surface area contributed by atoms with Gasteiger partial charge in [0.05, 0.1) is 30.1 Å². The number of halogens is 1. The van der Waals surface area contributed by atoms with Gasteiger partial charge in [-0.3, -0.25) is 4.79 Å². The van der Waals surface area contributed by atoms with Crippen molar-refractivity contribution in [2.24, 2.45) is 0 Å². The minimum Gasteiger partial charge on any atom is -0.380 e. The average Bonchev–Trinajstić information content (AvgIpc) is 3.13. The zero-order valence-electron chi connectivity index (χ0n) is 18.9. The van der Waals surface area contributed by atoms with Crippen LogP contribution in [0.1, 0.15) is 54.1 Å². The lowest BCUT2D eigenvalue weighted by Crippen LogP contribution is -2.34. The van der Waals surface area contributed by atoms with Crippen LogP contribution in [0.15, 0.2) is 35.6 Å². The molecule has 0 bridgehead atoms. The Kier molecular flexibility index (Phi) is 4.66. The van der Waals surface area contributed by atoms with Gasteiger partial charge in [-0.2, -0.15) is 0 Å². The molecule has 0 amide bonds. The van der Waals surface area contributed by atoms with Gasteiger partial charge in [0.2, 0.25) is 0 Å². The summed E-state index contributed by atoms with van der Waals surface area (Å²) >= 11 is 0. The quantitative estimate of drug-likeness (QED) is 0.727. The number of rotatable bonds is 4. The molecule has 2 atom stereocenters. The van der Waals surface area contributed by atoms with E-state index >= 15 is 0 Å². The molecule has 0 fully saturated rings. The van der Waals surface area contributed by atoms with E-state index in [-0.39, 0.29) is 12.4 Å². The minimum atomic E-state index is -1.69. The molecule has 6 heteroatoms. The van der Waals surface area contributed by atoms with Gasteiger partial charge in [-0.15, -0.1) is 0 Å². The molecule has 3 heterocycles. The molecule has 2 aliphatic heterocycles. The fourth-order valence-electron chi connectivity index (χ4n) is 5.50. The number of methoxy groups -OCH3 is 1. The van der Waals surface area contributed by atoms with E-state index in [1.54, 1.807) is 7.11 Å². The molecule has 2 aromatic rings. The molecule has 32 heavy (non-hydrogen) atoms. The molecule has 3 aliphatic rings. The van der Waals surface area contributed by atoms with Gasteiger partial charge >= 0.3 is 0 Å². The number of carbonyl (C=O) groups is 1. The third kappa shape index (κ3) is 2.76. The largest absolute Gasteiger partial charge is 0.380 e. The van der Waals surface area contributed by atoms with Crippen LogP contribution < -0.4 is 0 Å². The molecular formula is C26H27FN2O3. The van der Waals surface area contributed by atoms with E-state index in [2.05, 4.69) is 18.4 Å². The molecule has 0 spiro atoms. The summed E-state index contributed by atoms with van der Waals surface area (Å²) in [5.74, 6) is 0.0926. The fourth-order valence-corrected chi connectivity index (χ4v) is 5.50. The zero-order valence-corrected chi connectivity index (χ0v) is 18.9. The molecule has 5 rings (SSSR count). The molecular weight excluding hydrogens is 407 g/mol. The SMILES string of the molecule is C=C1C(COC)=C([C@](C)(O)C=O)C=C2c3nc4cc(F)c(C)c5c4c(c3CN12)C(C)CC5. The summed E-state index contributed by atoms with van der Waals surface area (Å²) in [5.41, 5.74) is 6.47. The average molecular weight is 435 g/mol. The highest BCUT2D eigenvalue weighted by Gasteiger charge is 2.40. The first-order valence-corrected chi connectivity index (χ1v) is 10.9. The lowest BCUT2D eigenvalue weighted by Gasteiger charge is -2.33. The summed E-state index contributed by atoms with van der Waals surface area (Å²) in [5, 5.41) is 11.9. The lowest BCUT2D eigenvalue weighted by molar-refractivity contribution is -0.119. The summed E-state index contributed by atoms with van der Waals surface area (Å²) in [6.45, 7) is 10.6. The number of fused-ring (bicyclic) bond motifs is 4. The van der Waals surface area contributed by atoms with Crippen molar-refractivity contribution < 1.29 is 19.0 Å². The standard InChI is InChI=1S/C26H27FN2O3/c1-13-6-7-16-14(2)20(27)9-21-24(16)23(13)17-10-29-15(3)18(11-32-5)19(26(4,31)12-30)8-22(29)25(17)28-21/h8-9,12-13,31H,3,6-7,10-11H2,1-2,4-5H3/t13?,26-/m1/s1. The van der Waals surface area contributed by atoms with Crippen molar-refractivity contribution in [1.29, 1.82) is 0 Å². The van der Waals surface area contributed by atoms with Crippen molar-refractivity contribution in [2.45, 2.75) is 51.7 Å². The monoisotopic (exact) mass is 434 g/mol. The lowest BCUT2D eigenvalue weighted by atomic mass is 9.79. The molecule has 0 radical (unpaired) electrons. The van der Waals surface area contributed by atoms with Crippen molar-refractivity contribution in [3.63, 3.8) is 0 Å². The number of aromatic nitrogens is 1. The van der Waals surface area contributed by atoms with Crippen LogP contribution in [-0.4, -0.2) is 40.6 Å². The third-order valence-corrected chi connectivity index (χ3v) is 7.26. The minimum absolute atomic E-state index is 0.224. The highest BCUT2D eigenvalue weighted by molar-refractivity contribution is 5.93. The van der Waals surface area contributed by atoms with E-state index < -0.39 is 5.60 Å². The van der Waals surface area contributed by atoms with E-state index in [9.17, 15) is 14.3 Å². The molecule has 0 saturated carbocycles. The summed E-state index contributed by atoms with van der Waals surface area (Å²) in [4.78, 5) is 18.7. The predicted molar refractivity (Wildman–Crippen MR) is 121 cm³/mol.